The van der Waals surface area contributed by atoms with Crippen molar-refractivity contribution < 1.29 is 8.78 Å². The highest BCUT2D eigenvalue weighted by atomic mass is 32.1. The number of hydrogen-bond donors (Lipinski definition) is 2. The first-order valence-corrected chi connectivity index (χ1v) is 14.9. The minimum absolute atomic E-state index is 0.0302. The zero-order chi connectivity index (χ0) is 30.0. The lowest BCUT2D eigenvalue weighted by Crippen LogP contribution is -2.48. The Bertz CT molecular complexity index is 1680. The molecule has 2 N–H and O–H groups in total. The molecule has 5 rings (SSSR count). The van der Waals surface area contributed by atoms with E-state index in [2.05, 4.69) is 27.5 Å². The van der Waals surface area contributed by atoms with E-state index in [1.165, 1.54) is 22.8 Å². The minimum atomic E-state index is -0.682. The summed E-state index contributed by atoms with van der Waals surface area (Å²) >= 11 is 5.41. The number of pyridine rings is 1. The fourth-order valence-electron chi connectivity index (χ4n) is 5.55. The van der Waals surface area contributed by atoms with Gasteiger partial charge in [0.15, 0.2) is 10.8 Å². The van der Waals surface area contributed by atoms with Gasteiger partial charge in [0.1, 0.15) is 23.1 Å². The molecule has 0 bridgehead atoms. The van der Waals surface area contributed by atoms with Gasteiger partial charge in [0, 0.05) is 31.2 Å². The van der Waals surface area contributed by atoms with Gasteiger partial charge in [-0.3, -0.25) is 0 Å². The Morgan fingerprint density at radius 3 is 2.50 bits per heavy atom. The maximum Gasteiger partial charge on any atom is 0.355 e. The third kappa shape index (κ3) is 5.86. The van der Waals surface area contributed by atoms with E-state index in [-0.39, 0.29) is 28.9 Å². The van der Waals surface area contributed by atoms with E-state index < -0.39 is 17.3 Å². The van der Waals surface area contributed by atoms with Crippen molar-refractivity contribution in [1.82, 2.24) is 25.2 Å². The van der Waals surface area contributed by atoms with E-state index in [1.54, 1.807) is 12.1 Å². The zero-order valence-corrected chi connectivity index (χ0v) is 25.2. The van der Waals surface area contributed by atoms with Crippen LogP contribution in [0, 0.1) is 18.6 Å². The molecule has 1 saturated heterocycles. The Labute approximate surface area is 250 Å². The molecule has 1 aliphatic rings. The molecule has 220 valence electrons. The monoisotopic (exact) mass is 590 g/mol. The number of nitrogens with one attached hydrogen (secondary N) is 2. The van der Waals surface area contributed by atoms with Gasteiger partial charge in [0.05, 0.1) is 11.1 Å². The molecule has 42 heavy (non-hydrogen) atoms. The molecular formula is C32H36F2N6OS. The summed E-state index contributed by atoms with van der Waals surface area (Å²) in [6.07, 6.45) is 2.51. The summed E-state index contributed by atoms with van der Waals surface area (Å²) in [5.74, 6) is -0.801. The van der Waals surface area contributed by atoms with Gasteiger partial charge in [-0.2, -0.15) is 4.98 Å². The van der Waals surface area contributed by atoms with Crippen LogP contribution in [0.1, 0.15) is 57.1 Å². The normalized spacial score (nSPS) is 14.0. The van der Waals surface area contributed by atoms with Gasteiger partial charge in [-0.25, -0.2) is 23.1 Å². The molecule has 0 aliphatic carbocycles. The largest absolute Gasteiger partial charge is 0.363 e. The number of thiocarbonyl (C=S) groups is 1. The van der Waals surface area contributed by atoms with Gasteiger partial charge in [-0.15, -0.1) is 0 Å². The molecule has 10 heteroatoms. The quantitative estimate of drug-likeness (QED) is 0.256. The molecule has 2 aromatic heterocycles. The fraction of sp³-hybridized carbons (Fsp3) is 0.375. The van der Waals surface area contributed by atoms with E-state index in [1.807, 2.05) is 43.9 Å². The summed E-state index contributed by atoms with van der Waals surface area (Å²) in [5, 5.41) is 7.59. The van der Waals surface area contributed by atoms with Crippen molar-refractivity contribution >= 4 is 34.2 Å². The van der Waals surface area contributed by atoms with Crippen molar-refractivity contribution in [2.45, 2.75) is 58.9 Å². The number of aryl methyl sites for hydroxylation is 1. The second kappa shape index (κ2) is 12.5. The highest BCUT2D eigenvalue weighted by molar-refractivity contribution is 7.80. The summed E-state index contributed by atoms with van der Waals surface area (Å²) in [7, 11) is 0. The fourth-order valence-corrected chi connectivity index (χ4v) is 5.82. The van der Waals surface area contributed by atoms with Crippen LogP contribution >= 0.6 is 12.2 Å². The van der Waals surface area contributed by atoms with Crippen molar-refractivity contribution in [3.05, 3.63) is 81.8 Å². The number of aromatic nitrogens is 3. The van der Waals surface area contributed by atoms with Crippen LogP contribution in [0.5, 0.6) is 0 Å². The van der Waals surface area contributed by atoms with Gasteiger partial charge in [0.2, 0.25) is 0 Å². The van der Waals surface area contributed by atoms with Crippen molar-refractivity contribution in [1.29, 1.82) is 0 Å². The van der Waals surface area contributed by atoms with Gasteiger partial charge in [-0.1, -0.05) is 51.1 Å². The number of benzene rings is 2. The number of nitrogens with zero attached hydrogens (tertiary/aromatic N) is 4. The van der Waals surface area contributed by atoms with Crippen molar-refractivity contribution in [3.63, 3.8) is 0 Å². The molecule has 0 unspecified atom stereocenters. The van der Waals surface area contributed by atoms with E-state index in [9.17, 15) is 9.18 Å². The molecule has 2 aromatic carbocycles. The van der Waals surface area contributed by atoms with E-state index >= 15 is 4.39 Å². The zero-order valence-electron chi connectivity index (χ0n) is 24.4. The molecule has 0 atom stereocenters. The lowest BCUT2D eigenvalue weighted by Gasteiger charge is -2.34. The predicted molar refractivity (Wildman–Crippen MR) is 169 cm³/mol. The number of anilines is 1. The third-order valence-electron chi connectivity index (χ3n) is 7.71. The Kier molecular flexibility index (Phi) is 8.82. The molecule has 0 saturated carbocycles. The van der Waals surface area contributed by atoms with Crippen LogP contribution in [0.2, 0.25) is 0 Å². The standard InChI is InChI=1S/C32H36F2N6OS/c1-5-15-35-31(42)36-21-13-16-39(17-14-21)29-24-18-26(34)27(23-10-6-7-12-25(23)33)37-30(24)40(32(41)38-29)28-20(4)9-8-11-22(28)19(2)3/h6-12,18-19,21H,5,13-17H2,1-4H3,(H2,35,36,42). The van der Waals surface area contributed by atoms with Crippen molar-refractivity contribution in [2.24, 2.45) is 0 Å². The molecular weight excluding hydrogens is 554 g/mol. The first kappa shape index (κ1) is 29.6. The molecule has 1 fully saturated rings. The average molecular weight is 591 g/mol. The molecule has 0 amide bonds. The van der Waals surface area contributed by atoms with Crippen LogP contribution in [0.25, 0.3) is 28.0 Å². The van der Waals surface area contributed by atoms with Crippen LogP contribution in [0.15, 0.2) is 53.3 Å². The van der Waals surface area contributed by atoms with E-state index in [0.717, 1.165) is 36.9 Å². The Morgan fingerprint density at radius 1 is 1.07 bits per heavy atom. The number of halogens is 2. The average Bonchev–Trinajstić information content (AvgIpc) is 2.97. The van der Waals surface area contributed by atoms with Crippen LogP contribution in [-0.4, -0.2) is 45.3 Å². The molecule has 0 spiro atoms. The number of hydrogen-bond acceptors (Lipinski definition) is 5. The number of para-hydroxylation sites is 1. The van der Waals surface area contributed by atoms with Crippen LogP contribution in [0.3, 0.4) is 0 Å². The lowest BCUT2D eigenvalue weighted by molar-refractivity contribution is 0.462. The number of rotatable bonds is 7. The molecule has 0 radical (unpaired) electrons. The predicted octanol–water partition coefficient (Wildman–Crippen LogP) is 6.00. The van der Waals surface area contributed by atoms with E-state index in [4.69, 9.17) is 12.2 Å². The van der Waals surface area contributed by atoms with Gasteiger partial charge in [-0.05, 0) is 73.6 Å². The molecule has 7 nitrogen and oxygen atoms in total. The van der Waals surface area contributed by atoms with Crippen LogP contribution in [0.4, 0.5) is 14.6 Å². The molecule has 4 aromatic rings. The maximum absolute atomic E-state index is 15.8. The molecule has 3 heterocycles. The first-order valence-electron chi connectivity index (χ1n) is 14.5. The SMILES string of the molecule is CCCNC(=S)NC1CCN(c2nc(=O)n(-c3c(C)cccc3C(C)C)c3nc(-c4ccccc4F)c(F)cc23)CC1. The summed E-state index contributed by atoms with van der Waals surface area (Å²) in [4.78, 5) is 25.1. The second-order valence-corrected chi connectivity index (χ2v) is 11.5. The van der Waals surface area contributed by atoms with Crippen molar-refractivity contribution in [3.8, 4) is 16.9 Å². The van der Waals surface area contributed by atoms with Gasteiger partial charge in [0.25, 0.3) is 0 Å². The second-order valence-electron chi connectivity index (χ2n) is 11.1. The van der Waals surface area contributed by atoms with Gasteiger partial charge >= 0.3 is 5.69 Å². The van der Waals surface area contributed by atoms with Crippen LogP contribution < -0.4 is 21.2 Å². The Morgan fingerprint density at radius 2 is 1.81 bits per heavy atom. The highest BCUT2D eigenvalue weighted by Crippen LogP contribution is 2.34. The third-order valence-corrected chi connectivity index (χ3v) is 7.97. The first-order chi connectivity index (χ1) is 20.2. The Hall–Kier alpha value is -3.92. The summed E-state index contributed by atoms with van der Waals surface area (Å²) in [6, 6.07) is 13.3. The lowest BCUT2D eigenvalue weighted by atomic mass is 9.98. The van der Waals surface area contributed by atoms with Gasteiger partial charge < -0.3 is 15.5 Å². The maximum atomic E-state index is 15.8. The highest BCUT2D eigenvalue weighted by Gasteiger charge is 2.27. The van der Waals surface area contributed by atoms with Crippen molar-refractivity contribution in [2.75, 3.05) is 24.5 Å². The van der Waals surface area contributed by atoms with E-state index in [0.29, 0.717) is 35.1 Å². The Balaban J connectivity index is 1.65. The number of fused-ring (bicyclic) bond motifs is 1. The smallest absolute Gasteiger partial charge is 0.355 e. The minimum Gasteiger partial charge on any atom is -0.363 e. The summed E-state index contributed by atoms with van der Waals surface area (Å²) in [5.41, 5.74) is 2.06. The number of piperidine rings is 1. The summed E-state index contributed by atoms with van der Waals surface area (Å²) < 4.78 is 32.1. The van der Waals surface area contributed by atoms with Crippen LogP contribution in [-0.2, 0) is 0 Å². The topological polar surface area (TPSA) is 75.1 Å². The summed E-state index contributed by atoms with van der Waals surface area (Å²) in [6.45, 7) is 10.1. The molecule has 1 aliphatic heterocycles.